The molecule has 2 aromatic heterocycles. The van der Waals surface area contributed by atoms with E-state index >= 15 is 0 Å². The molecule has 0 aliphatic rings. The molecule has 0 aliphatic carbocycles. The summed E-state index contributed by atoms with van der Waals surface area (Å²) in [5, 5.41) is 12.1. The minimum atomic E-state index is -0.475. The van der Waals surface area contributed by atoms with Gasteiger partial charge in [0.2, 0.25) is 0 Å². The van der Waals surface area contributed by atoms with Crippen LogP contribution in [0.3, 0.4) is 0 Å². The largest absolute Gasteiger partial charge is 0.467 e. The number of fused-ring (bicyclic) bond motifs is 1. The van der Waals surface area contributed by atoms with E-state index in [1.165, 1.54) is 34.4 Å². The number of hydrogen-bond acceptors (Lipinski definition) is 6. The summed E-state index contributed by atoms with van der Waals surface area (Å²) in [7, 11) is 0. The van der Waals surface area contributed by atoms with Crippen molar-refractivity contribution < 1.29 is 14.1 Å². The van der Waals surface area contributed by atoms with Gasteiger partial charge in [0.25, 0.3) is 11.6 Å². The van der Waals surface area contributed by atoms with Crippen LogP contribution in [0.4, 0.5) is 10.8 Å². The first-order valence-electron chi connectivity index (χ1n) is 9.24. The van der Waals surface area contributed by atoms with E-state index in [-0.39, 0.29) is 18.1 Å². The fourth-order valence-corrected chi connectivity index (χ4v) is 4.18. The highest BCUT2D eigenvalue weighted by molar-refractivity contribution is 7.22. The first kappa shape index (κ1) is 20.8. The normalized spacial score (nSPS) is 11.3. The number of carbonyl (C=O) groups is 1. The summed E-state index contributed by atoms with van der Waals surface area (Å²) in [5.74, 6) is 0.275. The van der Waals surface area contributed by atoms with E-state index in [2.05, 4.69) is 4.98 Å². The van der Waals surface area contributed by atoms with Crippen LogP contribution in [0.15, 0.2) is 65.3 Å². The minimum absolute atomic E-state index is 0.0411. The van der Waals surface area contributed by atoms with Gasteiger partial charge in [0, 0.05) is 23.2 Å². The van der Waals surface area contributed by atoms with Crippen LogP contribution < -0.4 is 4.90 Å². The molecule has 31 heavy (non-hydrogen) atoms. The minimum Gasteiger partial charge on any atom is -0.467 e. The lowest BCUT2D eigenvalue weighted by Crippen LogP contribution is -2.28. The molecule has 4 aromatic rings. The quantitative estimate of drug-likeness (QED) is 0.203. The van der Waals surface area contributed by atoms with Crippen molar-refractivity contribution in [3.63, 3.8) is 0 Å². The molecular weight excluding hydrogens is 438 g/mol. The van der Waals surface area contributed by atoms with E-state index in [0.717, 1.165) is 15.8 Å². The van der Waals surface area contributed by atoms with Gasteiger partial charge in [-0.05, 0) is 48.4 Å². The van der Waals surface area contributed by atoms with Crippen LogP contribution in [0.25, 0.3) is 16.3 Å². The molecule has 0 spiro atoms. The first-order chi connectivity index (χ1) is 14.9. The molecule has 0 unspecified atom stereocenters. The fourth-order valence-electron chi connectivity index (χ4n) is 3.00. The number of aryl methyl sites for hydroxylation is 1. The number of carbonyl (C=O) groups excluding carboxylic acids is 1. The number of aromatic nitrogens is 1. The van der Waals surface area contributed by atoms with Crippen LogP contribution >= 0.6 is 22.9 Å². The maximum Gasteiger partial charge on any atom is 0.270 e. The Balaban J connectivity index is 1.68. The molecule has 0 atom stereocenters. The Morgan fingerprint density at radius 3 is 2.87 bits per heavy atom. The van der Waals surface area contributed by atoms with Gasteiger partial charge in [0.1, 0.15) is 5.76 Å². The van der Waals surface area contributed by atoms with Gasteiger partial charge in [0.05, 0.1) is 27.9 Å². The van der Waals surface area contributed by atoms with Crippen molar-refractivity contribution in [3.8, 4) is 0 Å². The molecule has 2 aromatic carbocycles. The van der Waals surface area contributed by atoms with Gasteiger partial charge < -0.3 is 4.42 Å². The van der Waals surface area contributed by atoms with E-state index < -0.39 is 4.92 Å². The van der Waals surface area contributed by atoms with Crippen LogP contribution in [-0.2, 0) is 11.3 Å². The van der Waals surface area contributed by atoms with Crippen molar-refractivity contribution >= 4 is 56.0 Å². The Hall–Kier alpha value is -3.49. The smallest absolute Gasteiger partial charge is 0.270 e. The molecule has 156 valence electrons. The van der Waals surface area contributed by atoms with Gasteiger partial charge in [-0.2, -0.15) is 0 Å². The highest BCUT2D eigenvalue weighted by atomic mass is 35.5. The lowest BCUT2D eigenvalue weighted by Gasteiger charge is -2.16. The highest BCUT2D eigenvalue weighted by Gasteiger charge is 2.20. The number of halogens is 1. The monoisotopic (exact) mass is 453 g/mol. The topological polar surface area (TPSA) is 89.5 Å². The second-order valence-corrected chi connectivity index (χ2v) is 8.12. The summed E-state index contributed by atoms with van der Waals surface area (Å²) >= 11 is 7.59. The van der Waals surface area contributed by atoms with Crippen LogP contribution in [0.1, 0.15) is 16.9 Å². The standard InChI is InChI=1S/C22H16ClN3O4S/c1-14-18(23)8-9-19-21(14)24-22(31-19)25(13-17-6-3-11-30-17)20(27)10-7-15-4-2-5-16(12-15)26(28)29/h2-12H,13H2,1H3/b10-7+. The van der Waals surface area contributed by atoms with Crippen molar-refractivity contribution in [3.05, 3.63) is 92.9 Å². The van der Waals surface area contributed by atoms with Crippen molar-refractivity contribution in [1.29, 1.82) is 0 Å². The molecule has 0 N–H and O–H groups in total. The number of non-ortho nitro benzene ring substituents is 1. The molecule has 7 nitrogen and oxygen atoms in total. The third kappa shape index (κ3) is 4.50. The molecule has 4 rings (SSSR count). The zero-order valence-electron chi connectivity index (χ0n) is 16.3. The Kier molecular flexibility index (Phi) is 5.83. The van der Waals surface area contributed by atoms with Crippen LogP contribution in [0.2, 0.25) is 5.02 Å². The van der Waals surface area contributed by atoms with E-state index in [0.29, 0.717) is 21.5 Å². The second kappa shape index (κ2) is 8.71. The summed E-state index contributed by atoms with van der Waals surface area (Å²) in [6.45, 7) is 2.08. The number of nitrogens with zero attached hydrogens (tertiary/aromatic N) is 3. The number of nitro groups is 1. The SMILES string of the molecule is Cc1c(Cl)ccc2sc(N(Cc3ccco3)C(=O)/C=C/c3cccc([N+](=O)[O-])c3)nc12. The van der Waals surface area contributed by atoms with Crippen LogP contribution in [0, 0.1) is 17.0 Å². The van der Waals surface area contributed by atoms with E-state index in [1.807, 2.05) is 19.1 Å². The number of thiazole rings is 1. The molecular formula is C22H16ClN3O4S. The maximum atomic E-state index is 13.1. The maximum absolute atomic E-state index is 13.1. The Morgan fingerprint density at radius 2 is 2.13 bits per heavy atom. The number of nitro benzene ring substituents is 1. The zero-order valence-corrected chi connectivity index (χ0v) is 17.9. The molecule has 0 bridgehead atoms. The number of hydrogen-bond donors (Lipinski definition) is 0. The van der Waals surface area contributed by atoms with Gasteiger partial charge in [-0.1, -0.05) is 35.1 Å². The summed E-state index contributed by atoms with van der Waals surface area (Å²) < 4.78 is 6.33. The van der Waals surface area contributed by atoms with Gasteiger partial charge in [0.15, 0.2) is 5.13 Å². The summed E-state index contributed by atoms with van der Waals surface area (Å²) in [4.78, 5) is 29.7. The number of amides is 1. The third-order valence-electron chi connectivity index (χ3n) is 4.63. The van der Waals surface area contributed by atoms with Crippen LogP contribution in [-0.4, -0.2) is 15.8 Å². The summed E-state index contributed by atoms with van der Waals surface area (Å²) in [6, 6.07) is 13.3. The van der Waals surface area contributed by atoms with Crippen molar-refractivity contribution in [2.45, 2.75) is 13.5 Å². The van der Waals surface area contributed by atoms with Gasteiger partial charge in [-0.3, -0.25) is 19.8 Å². The molecule has 0 fully saturated rings. The van der Waals surface area contributed by atoms with E-state index in [4.69, 9.17) is 16.0 Å². The lowest BCUT2D eigenvalue weighted by atomic mass is 10.2. The Labute approximate surface area is 186 Å². The van der Waals surface area contributed by atoms with Crippen LogP contribution in [0.5, 0.6) is 0 Å². The number of rotatable bonds is 6. The number of furan rings is 1. The fraction of sp³-hybridized carbons (Fsp3) is 0.0909. The van der Waals surface area contributed by atoms with E-state index in [1.54, 1.807) is 36.6 Å². The van der Waals surface area contributed by atoms with Gasteiger partial charge in [-0.25, -0.2) is 4.98 Å². The molecule has 2 heterocycles. The third-order valence-corrected chi connectivity index (χ3v) is 6.08. The molecule has 0 saturated heterocycles. The average molecular weight is 454 g/mol. The van der Waals surface area contributed by atoms with Crippen molar-refractivity contribution in [2.75, 3.05) is 4.90 Å². The van der Waals surface area contributed by atoms with Gasteiger partial charge in [-0.15, -0.1) is 0 Å². The molecule has 0 radical (unpaired) electrons. The van der Waals surface area contributed by atoms with Gasteiger partial charge >= 0.3 is 0 Å². The van der Waals surface area contributed by atoms with Crippen molar-refractivity contribution in [1.82, 2.24) is 4.98 Å². The summed E-state index contributed by atoms with van der Waals surface area (Å²) in [5.41, 5.74) is 2.10. The number of anilines is 1. The zero-order chi connectivity index (χ0) is 22.0. The molecule has 1 amide bonds. The summed E-state index contributed by atoms with van der Waals surface area (Å²) in [6.07, 6.45) is 4.45. The number of benzene rings is 2. The molecule has 0 aliphatic heterocycles. The molecule has 0 saturated carbocycles. The predicted octanol–water partition coefficient (Wildman–Crippen LogP) is 6.01. The first-order valence-corrected chi connectivity index (χ1v) is 10.4. The van der Waals surface area contributed by atoms with Crippen molar-refractivity contribution in [2.24, 2.45) is 0 Å². The Bertz CT molecular complexity index is 1300. The Morgan fingerprint density at radius 1 is 1.29 bits per heavy atom. The lowest BCUT2D eigenvalue weighted by molar-refractivity contribution is -0.384. The van der Waals surface area contributed by atoms with E-state index in [9.17, 15) is 14.9 Å². The highest BCUT2D eigenvalue weighted by Crippen LogP contribution is 2.34. The molecule has 9 heteroatoms. The second-order valence-electron chi connectivity index (χ2n) is 6.70. The predicted molar refractivity (Wildman–Crippen MR) is 121 cm³/mol. The average Bonchev–Trinajstić information content (AvgIpc) is 3.43.